The summed E-state index contributed by atoms with van der Waals surface area (Å²) >= 11 is 6.35. The third kappa shape index (κ3) is 6.27. The number of ether oxygens (including phenoxy) is 2. The van der Waals surface area contributed by atoms with E-state index in [0.717, 1.165) is 43.0 Å². The molecule has 1 aliphatic rings. The fraction of sp³-hybridized carbons (Fsp3) is 0.650. The van der Waals surface area contributed by atoms with Gasteiger partial charge in [0, 0.05) is 41.4 Å². The number of halogens is 1. The van der Waals surface area contributed by atoms with Gasteiger partial charge in [-0.3, -0.25) is 9.20 Å². The largest absolute Gasteiger partial charge is 0.493 e. The second-order valence-corrected chi connectivity index (χ2v) is 9.18. The fourth-order valence-electron chi connectivity index (χ4n) is 3.48. The van der Waals surface area contributed by atoms with Crippen molar-refractivity contribution < 1.29 is 13.7 Å². The maximum atomic E-state index is 12.1. The van der Waals surface area contributed by atoms with E-state index in [1.807, 2.05) is 26.0 Å². The number of hydrogen-bond acceptors (Lipinski definition) is 4. The molecule has 1 fully saturated rings. The zero-order chi connectivity index (χ0) is 20.5. The molecule has 0 heterocycles. The van der Waals surface area contributed by atoms with Gasteiger partial charge >= 0.3 is 0 Å². The quantitative estimate of drug-likeness (QED) is 0.489. The molecule has 2 rings (SSSR count). The molecule has 8 heteroatoms. The summed E-state index contributed by atoms with van der Waals surface area (Å²) in [6.45, 7) is 4.98. The minimum Gasteiger partial charge on any atom is -0.493 e. The molecule has 2 N–H and O–H groups in total. The van der Waals surface area contributed by atoms with Gasteiger partial charge in [-0.05, 0) is 43.9 Å². The van der Waals surface area contributed by atoms with Crippen LogP contribution in [0, 0.1) is 0 Å². The monoisotopic (exact) mass is 429 g/mol. The second kappa shape index (κ2) is 11.5. The molecule has 1 aromatic rings. The van der Waals surface area contributed by atoms with Crippen molar-refractivity contribution in [3.63, 3.8) is 0 Å². The van der Waals surface area contributed by atoms with Crippen LogP contribution in [0.25, 0.3) is 0 Å². The maximum absolute atomic E-state index is 12.1. The van der Waals surface area contributed by atoms with E-state index in [9.17, 15) is 4.21 Å². The first kappa shape index (κ1) is 22.8. The lowest BCUT2D eigenvalue weighted by Gasteiger charge is -2.30. The van der Waals surface area contributed by atoms with Crippen molar-refractivity contribution in [1.29, 1.82) is 0 Å². The number of guanidine groups is 1. The summed E-state index contributed by atoms with van der Waals surface area (Å²) in [5, 5.41) is 7.61. The van der Waals surface area contributed by atoms with Gasteiger partial charge in [0.2, 0.25) is 0 Å². The molecule has 3 unspecified atom stereocenters. The number of nitrogens with one attached hydrogen (secondary N) is 2. The van der Waals surface area contributed by atoms with E-state index in [-0.39, 0.29) is 5.25 Å². The van der Waals surface area contributed by atoms with Crippen LogP contribution in [0.3, 0.4) is 0 Å². The summed E-state index contributed by atoms with van der Waals surface area (Å²) in [5.74, 6) is 2.64. The molecule has 0 radical (unpaired) electrons. The number of hydrogen-bond donors (Lipinski definition) is 2. The van der Waals surface area contributed by atoms with Gasteiger partial charge in [0.15, 0.2) is 17.5 Å². The Morgan fingerprint density at radius 3 is 2.79 bits per heavy atom. The van der Waals surface area contributed by atoms with Crippen molar-refractivity contribution in [2.75, 3.05) is 26.5 Å². The molecular formula is C20H32ClN3O3S. The third-order valence-electron chi connectivity index (χ3n) is 4.88. The van der Waals surface area contributed by atoms with Gasteiger partial charge in [-0.15, -0.1) is 0 Å². The molecular weight excluding hydrogens is 398 g/mol. The molecule has 0 bridgehead atoms. The molecule has 0 aromatic heterocycles. The number of methoxy groups -OCH3 is 1. The molecule has 0 aliphatic heterocycles. The maximum Gasteiger partial charge on any atom is 0.191 e. The van der Waals surface area contributed by atoms with Gasteiger partial charge in [-0.1, -0.05) is 24.9 Å². The number of aliphatic imine (C=N–C) groups is 1. The highest BCUT2D eigenvalue weighted by atomic mass is 35.5. The van der Waals surface area contributed by atoms with Crippen LogP contribution in [0.5, 0.6) is 11.5 Å². The van der Waals surface area contributed by atoms with Crippen molar-refractivity contribution in [3.05, 3.63) is 22.7 Å². The Labute approximate surface area is 175 Å². The zero-order valence-corrected chi connectivity index (χ0v) is 18.8. The van der Waals surface area contributed by atoms with Crippen molar-refractivity contribution in [1.82, 2.24) is 10.6 Å². The van der Waals surface area contributed by atoms with E-state index in [1.54, 1.807) is 14.2 Å². The molecule has 1 aromatic carbocycles. The van der Waals surface area contributed by atoms with Crippen LogP contribution in [0.4, 0.5) is 0 Å². The Bertz CT molecular complexity index is 700. The van der Waals surface area contributed by atoms with Crippen LogP contribution in [-0.2, 0) is 17.3 Å². The number of nitrogens with zero attached hydrogens (tertiary/aromatic N) is 1. The summed E-state index contributed by atoms with van der Waals surface area (Å²) in [7, 11) is 2.62. The van der Waals surface area contributed by atoms with E-state index in [1.165, 1.54) is 0 Å². The molecule has 0 saturated heterocycles. The zero-order valence-electron chi connectivity index (χ0n) is 17.2. The summed E-state index contributed by atoms with van der Waals surface area (Å²) < 4.78 is 23.1. The summed E-state index contributed by atoms with van der Waals surface area (Å²) in [4.78, 5) is 4.33. The highest BCUT2D eigenvalue weighted by Crippen LogP contribution is 2.36. The first-order valence-electron chi connectivity index (χ1n) is 9.85. The van der Waals surface area contributed by atoms with E-state index in [0.29, 0.717) is 35.7 Å². The van der Waals surface area contributed by atoms with Crippen molar-refractivity contribution >= 4 is 28.4 Å². The average Bonchev–Trinajstić information content (AvgIpc) is 2.72. The average molecular weight is 430 g/mol. The van der Waals surface area contributed by atoms with Gasteiger partial charge < -0.3 is 20.1 Å². The molecule has 0 spiro atoms. The second-order valence-electron chi connectivity index (χ2n) is 6.77. The van der Waals surface area contributed by atoms with E-state index in [2.05, 4.69) is 15.6 Å². The Balaban J connectivity index is 1.97. The van der Waals surface area contributed by atoms with Gasteiger partial charge in [0.05, 0.1) is 18.7 Å². The topological polar surface area (TPSA) is 72.0 Å². The molecule has 1 saturated carbocycles. The Morgan fingerprint density at radius 2 is 2.14 bits per heavy atom. The minimum atomic E-state index is -0.736. The highest BCUT2D eigenvalue weighted by molar-refractivity contribution is 7.85. The minimum absolute atomic E-state index is 0.281. The van der Waals surface area contributed by atoms with Crippen molar-refractivity contribution in [3.8, 4) is 11.5 Å². The van der Waals surface area contributed by atoms with E-state index in [4.69, 9.17) is 21.1 Å². The van der Waals surface area contributed by atoms with Crippen LogP contribution in [-0.4, -0.2) is 48.0 Å². The van der Waals surface area contributed by atoms with Crippen LogP contribution >= 0.6 is 11.6 Å². The Morgan fingerprint density at radius 1 is 1.36 bits per heavy atom. The fourth-order valence-corrected chi connectivity index (χ4v) is 5.12. The van der Waals surface area contributed by atoms with Gasteiger partial charge in [0.1, 0.15) is 0 Å². The van der Waals surface area contributed by atoms with E-state index < -0.39 is 10.8 Å². The van der Waals surface area contributed by atoms with E-state index >= 15 is 0 Å². The van der Waals surface area contributed by atoms with Crippen LogP contribution in [0.2, 0.25) is 5.02 Å². The Hall–Kier alpha value is -1.47. The lowest BCUT2D eigenvalue weighted by molar-refractivity contribution is 0.311. The lowest BCUT2D eigenvalue weighted by Crippen LogP contribution is -2.46. The predicted octanol–water partition coefficient (Wildman–Crippen LogP) is 3.49. The SMILES string of the molecule is CCOc1c(Cl)cc(CNC(=NC)NC2CCCC(S(=O)CC)C2)cc1OC. The first-order chi connectivity index (χ1) is 13.5. The molecule has 0 amide bonds. The predicted molar refractivity (Wildman–Crippen MR) is 117 cm³/mol. The summed E-state index contributed by atoms with van der Waals surface area (Å²) in [6.07, 6.45) is 4.14. The number of rotatable bonds is 8. The highest BCUT2D eigenvalue weighted by Gasteiger charge is 2.26. The molecule has 28 heavy (non-hydrogen) atoms. The standard InChI is InChI=1S/C20H32ClN3O3S/c1-5-27-19-17(21)10-14(11-18(19)26-4)13-23-20(22-3)24-15-8-7-9-16(12-15)28(25)6-2/h10-11,15-16H,5-9,12-13H2,1-4H3,(H2,22,23,24). The van der Waals surface area contributed by atoms with Crippen LogP contribution in [0.15, 0.2) is 17.1 Å². The third-order valence-corrected chi connectivity index (χ3v) is 6.91. The van der Waals surface area contributed by atoms with Crippen molar-refractivity contribution in [2.45, 2.75) is 57.4 Å². The van der Waals surface area contributed by atoms with Gasteiger partial charge in [-0.2, -0.15) is 0 Å². The summed E-state index contributed by atoms with van der Waals surface area (Å²) in [5.41, 5.74) is 0.974. The smallest absolute Gasteiger partial charge is 0.191 e. The number of benzene rings is 1. The molecule has 1 aliphatic carbocycles. The lowest BCUT2D eigenvalue weighted by atomic mass is 9.95. The molecule has 158 valence electrons. The normalized spacial score (nSPS) is 21.1. The van der Waals surface area contributed by atoms with Crippen molar-refractivity contribution in [2.24, 2.45) is 4.99 Å². The van der Waals surface area contributed by atoms with Gasteiger partial charge in [-0.25, -0.2) is 0 Å². The van der Waals surface area contributed by atoms with Crippen LogP contribution < -0.4 is 20.1 Å². The Kier molecular flexibility index (Phi) is 9.38. The van der Waals surface area contributed by atoms with Crippen LogP contribution in [0.1, 0.15) is 45.1 Å². The summed E-state index contributed by atoms with van der Waals surface area (Å²) in [6, 6.07) is 4.08. The van der Waals surface area contributed by atoms with Gasteiger partial charge in [0.25, 0.3) is 0 Å². The molecule has 3 atom stereocenters. The first-order valence-corrected chi connectivity index (χ1v) is 11.6. The molecule has 6 nitrogen and oxygen atoms in total.